The predicted octanol–water partition coefficient (Wildman–Crippen LogP) is 5.96. The van der Waals surface area contributed by atoms with Crippen LogP contribution in [0.15, 0.2) is 72.9 Å². The Morgan fingerprint density at radius 1 is 0.854 bits per heavy atom. The number of hydrogen-bond acceptors (Lipinski definition) is 8. The zero-order valence-electron chi connectivity index (χ0n) is 27.1. The van der Waals surface area contributed by atoms with E-state index in [2.05, 4.69) is 46.7 Å². The number of anilines is 4. The van der Waals surface area contributed by atoms with E-state index >= 15 is 0 Å². The Kier molecular flexibility index (Phi) is 8.78. The molecule has 13 heteroatoms. The molecule has 4 N–H and O–H groups in total. The first-order chi connectivity index (χ1) is 23.0. The van der Waals surface area contributed by atoms with Crippen LogP contribution in [0, 0.1) is 6.92 Å². The molecule has 0 saturated carbocycles. The molecule has 1 saturated heterocycles. The second-order valence-corrected chi connectivity index (χ2v) is 12.5. The lowest BCUT2D eigenvalue weighted by Crippen LogP contribution is -2.40. The van der Waals surface area contributed by atoms with Gasteiger partial charge in [0.05, 0.1) is 19.4 Å². The first kappa shape index (κ1) is 32.1. The lowest BCUT2D eigenvalue weighted by molar-refractivity contribution is 0.0303. The maximum Gasteiger partial charge on any atom is 0.410 e. The number of carboxylic acid groups (broad SMARTS) is 1. The third-order valence-corrected chi connectivity index (χ3v) is 8.09. The first-order valence-corrected chi connectivity index (χ1v) is 15.5. The Labute approximate surface area is 277 Å². The van der Waals surface area contributed by atoms with Gasteiger partial charge in [-0.1, -0.05) is 45.0 Å². The molecular formula is C35H36N8O5. The molecule has 0 atom stereocenters. The second kappa shape index (κ2) is 13.1. The van der Waals surface area contributed by atoms with Crippen LogP contribution in [0.1, 0.15) is 52.6 Å². The van der Waals surface area contributed by atoms with E-state index in [-0.39, 0.29) is 28.8 Å². The number of fused-ring (bicyclic) bond motifs is 1. The first-order valence-electron chi connectivity index (χ1n) is 15.5. The molecule has 48 heavy (non-hydrogen) atoms. The van der Waals surface area contributed by atoms with Gasteiger partial charge in [-0.2, -0.15) is 15.0 Å². The van der Waals surface area contributed by atoms with Crippen molar-refractivity contribution >= 4 is 46.8 Å². The molecule has 0 bridgehead atoms. The van der Waals surface area contributed by atoms with Crippen LogP contribution in [0.25, 0.3) is 17.2 Å². The van der Waals surface area contributed by atoms with E-state index in [1.807, 2.05) is 43.3 Å². The number of nitrogens with one attached hydrogen (secondary N) is 3. The van der Waals surface area contributed by atoms with Crippen LogP contribution >= 0.6 is 0 Å². The van der Waals surface area contributed by atoms with E-state index in [9.17, 15) is 19.5 Å². The van der Waals surface area contributed by atoms with Crippen molar-refractivity contribution in [2.45, 2.75) is 33.1 Å². The third kappa shape index (κ3) is 6.95. The van der Waals surface area contributed by atoms with E-state index in [0.717, 1.165) is 11.1 Å². The molecule has 0 unspecified atom stereocenters. The van der Waals surface area contributed by atoms with Gasteiger partial charge in [-0.15, -0.1) is 0 Å². The number of nitrogens with zero attached hydrogens (tertiary/aromatic N) is 5. The molecule has 6 rings (SSSR count). The summed E-state index contributed by atoms with van der Waals surface area (Å²) in [7, 11) is 0. The Hall–Kier alpha value is -5.82. The van der Waals surface area contributed by atoms with Gasteiger partial charge in [0.1, 0.15) is 0 Å². The number of benzene rings is 3. The van der Waals surface area contributed by atoms with Crippen LogP contribution in [0.5, 0.6) is 0 Å². The van der Waals surface area contributed by atoms with E-state index in [4.69, 9.17) is 9.72 Å². The lowest BCUT2D eigenvalue weighted by Gasteiger charge is -2.26. The number of aromatic nitrogens is 4. The van der Waals surface area contributed by atoms with E-state index < -0.39 is 6.09 Å². The molecule has 1 fully saturated rings. The largest absolute Gasteiger partial charge is 0.465 e. The van der Waals surface area contributed by atoms with Crippen LogP contribution < -0.4 is 16.0 Å². The van der Waals surface area contributed by atoms with Crippen LogP contribution in [0.4, 0.5) is 27.9 Å². The molecule has 2 aromatic heterocycles. The molecule has 1 aliphatic heterocycles. The van der Waals surface area contributed by atoms with Crippen molar-refractivity contribution in [3.8, 4) is 11.4 Å². The van der Waals surface area contributed by atoms with Gasteiger partial charge in [0.2, 0.25) is 11.7 Å². The highest BCUT2D eigenvalue weighted by Gasteiger charge is 2.20. The van der Waals surface area contributed by atoms with Gasteiger partial charge < -0.3 is 25.4 Å². The standard InChI is InChI=1S/C35H36N8O5/c1-21-26(6-5-7-27(21)37-30(44)22-8-12-24(13-9-22)35(2,3)4)29-40-32(43-20-28(39-34(46)47)38-33(43)41-29)36-25-14-10-23(11-15-25)31(45)42-16-18-48-19-17-42/h5-15,20,39H,16-19H2,1-4H3,(H,37,44)(H,46,47)(H,36,38,40,41). The van der Waals surface area contributed by atoms with E-state index in [1.54, 1.807) is 35.2 Å². The summed E-state index contributed by atoms with van der Waals surface area (Å²) in [5.74, 6) is 0.556. The highest BCUT2D eigenvalue weighted by Crippen LogP contribution is 2.30. The van der Waals surface area contributed by atoms with E-state index in [0.29, 0.717) is 66.1 Å². The summed E-state index contributed by atoms with van der Waals surface area (Å²) in [6, 6.07) is 20.0. The van der Waals surface area contributed by atoms with E-state index in [1.165, 1.54) is 10.6 Å². The van der Waals surface area contributed by atoms with Crippen LogP contribution in [0.2, 0.25) is 0 Å². The highest BCUT2D eigenvalue weighted by atomic mass is 16.5. The fourth-order valence-corrected chi connectivity index (χ4v) is 5.36. The number of amides is 3. The molecule has 1 aliphatic rings. The quantitative estimate of drug-likeness (QED) is 0.167. The summed E-state index contributed by atoms with van der Waals surface area (Å²) in [6.45, 7) is 10.3. The average Bonchev–Trinajstić information content (AvgIpc) is 3.48. The highest BCUT2D eigenvalue weighted by molar-refractivity contribution is 6.05. The van der Waals surface area contributed by atoms with Crippen molar-refractivity contribution in [2.24, 2.45) is 0 Å². The van der Waals surface area contributed by atoms with Gasteiger partial charge in [-0.3, -0.25) is 19.3 Å². The van der Waals surface area contributed by atoms with Gasteiger partial charge in [0, 0.05) is 41.2 Å². The fourth-order valence-electron chi connectivity index (χ4n) is 5.36. The molecule has 0 aliphatic carbocycles. The van der Waals surface area contributed by atoms with Gasteiger partial charge in [0.25, 0.3) is 11.8 Å². The number of ether oxygens (including phenoxy) is 1. The van der Waals surface area contributed by atoms with Crippen molar-refractivity contribution in [3.63, 3.8) is 0 Å². The number of hydrogen-bond donors (Lipinski definition) is 4. The van der Waals surface area contributed by atoms with Gasteiger partial charge in [0.15, 0.2) is 11.6 Å². The minimum absolute atomic E-state index is 0.0282. The molecule has 0 radical (unpaired) electrons. The molecule has 3 heterocycles. The maximum atomic E-state index is 13.2. The summed E-state index contributed by atoms with van der Waals surface area (Å²) in [6.07, 6.45) is 0.203. The van der Waals surface area contributed by atoms with Crippen molar-refractivity contribution < 1.29 is 24.2 Å². The van der Waals surface area contributed by atoms with Crippen LogP contribution in [-0.4, -0.2) is 73.6 Å². The molecule has 3 aromatic carbocycles. The fraction of sp³-hybridized carbons (Fsp3) is 0.257. The summed E-state index contributed by atoms with van der Waals surface area (Å²) >= 11 is 0. The Bertz CT molecular complexity index is 1990. The zero-order chi connectivity index (χ0) is 34.0. The normalized spacial score (nSPS) is 13.3. The number of morpholine rings is 1. The predicted molar refractivity (Wildman–Crippen MR) is 182 cm³/mol. The second-order valence-electron chi connectivity index (χ2n) is 12.5. The van der Waals surface area contributed by atoms with Crippen molar-refractivity contribution in [3.05, 3.63) is 95.2 Å². The molecule has 13 nitrogen and oxygen atoms in total. The van der Waals surface area contributed by atoms with Crippen LogP contribution in [0.3, 0.4) is 0 Å². The van der Waals surface area contributed by atoms with Crippen molar-refractivity contribution in [1.82, 2.24) is 24.3 Å². The number of rotatable bonds is 7. The molecule has 5 aromatic rings. The minimum atomic E-state index is -1.27. The topological polar surface area (TPSA) is 163 Å². The Balaban J connectivity index is 1.30. The molecule has 246 valence electrons. The summed E-state index contributed by atoms with van der Waals surface area (Å²) in [5.41, 5.74) is 4.78. The number of imidazole rings is 1. The zero-order valence-corrected chi connectivity index (χ0v) is 27.1. The maximum absolute atomic E-state index is 13.2. The summed E-state index contributed by atoms with van der Waals surface area (Å²) < 4.78 is 6.89. The van der Waals surface area contributed by atoms with Gasteiger partial charge >= 0.3 is 6.09 Å². The molecular weight excluding hydrogens is 612 g/mol. The van der Waals surface area contributed by atoms with Crippen molar-refractivity contribution in [1.29, 1.82) is 0 Å². The number of carbonyl (C=O) groups is 3. The summed E-state index contributed by atoms with van der Waals surface area (Å²) in [4.78, 5) is 53.0. The van der Waals surface area contributed by atoms with Crippen LogP contribution in [-0.2, 0) is 10.2 Å². The minimum Gasteiger partial charge on any atom is -0.465 e. The Morgan fingerprint density at radius 3 is 2.21 bits per heavy atom. The third-order valence-electron chi connectivity index (χ3n) is 8.09. The number of carbonyl (C=O) groups excluding carboxylic acids is 2. The monoisotopic (exact) mass is 648 g/mol. The average molecular weight is 649 g/mol. The summed E-state index contributed by atoms with van der Waals surface area (Å²) in [5, 5.41) is 17.8. The Morgan fingerprint density at radius 2 is 1.54 bits per heavy atom. The SMILES string of the molecule is Cc1c(NC(=O)c2ccc(C(C)(C)C)cc2)cccc1-c1nc(Nc2ccc(C(=O)N3CCOCC3)cc2)n2cc(NC(=O)O)nc2n1. The van der Waals surface area contributed by atoms with Gasteiger partial charge in [-0.25, -0.2) is 4.79 Å². The van der Waals surface area contributed by atoms with Crippen molar-refractivity contribution in [2.75, 3.05) is 42.3 Å². The van der Waals surface area contributed by atoms with Gasteiger partial charge in [-0.05, 0) is 65.9 Å². The lowest BCUT2D eigenvalue weighted by atomic mass is 9.86. The smallest absolute Gasteiger partial charge is 0.410 e. The molecule has 0 spiro atoms. The molecule has 3 amide bonds.